The summed E-state index contributed by atoms with van der Waals surface area (Å²) in [6.07, 6.45) is 8.26. The Morgan fingerprint density at radius 2 is 1.96 bits per heavy atom. The molecule has 1 N–H and O–H groups in total. The van der Waals surface area contributed by atoms with Crippen molar-refractivity contribution < 1.29 is 14.2 Å². The third-order valence-electron chi connectivity index (χ3n) is 3.83. The fourth-order valence-corrected chi connectivity index (χ4v) is 2.50. The lowest BCUT2D eigenvalue weighted by atomic mass is 10.0. The lowest BCUT2D eigenvalue weighted by Gasteiger charge is -2.07. The summed E-state index contributed by atoms with van der Waals surface area (Å²) in [5.41, 5.74) is 2.46. The Balaban J connectivity index is 1.99. The molecule has 0 bridgehead atoms. The zero-order valence-electron chi connectivity index (χ0n) is 14.6. The van der Waals surface area contributed by atoms with Gasteiger partial charge in [-0.2, -0.15) is 0 Å². The Morgan fingerprint density at radius 3 is 2.60 bits per heavy atom. The lowest BCUT2D eigenvalue weighted by Crippen LogP contribution is -1.97. The van der Waals surface area contributed by atoms with Gasteiger partial charge >= 0.3 is 0 Å². The Kier molecular flexibility index (Phi) is 7.42. The van der Waals surface area contributed by atoms with Crippen molar-refractivity contribution in [1.82, 2.24) is 0 Å². The Bertz CT molecular complexity index is 702. The smallest absolute Gasteiger partial charge is 0.134 e. The highest BCUT2D eigenvalue weighted by Crippen LogP contribution is 2.26. The molecule has 0 amide bonds. The van der Waals surface area contributed by atoms with Gasteiger partial charge in [-0.3, -0.25) is 0 Å². The van der Waals surface area contributed by atoms with E-state index in [1.807, 2.05) is 24.3 Å². The van der Waals surface area contributed by atoms with Crippen molar-refractivity contribution in [2.24, 2.45) is 0 Å². The van der Waals surface area contributed by atoms with Crippen LogP contribution in [0.25, 0.3) is 17.2 Å². The second-order valence-electron chi connectivity index (χ2n) is 6.05. The first-order valence-corrected chi connectivity index (χ1v) is 8.58. The first-order chi connectivity index (χ1) is 12.1. The van der Waals surface area contributed by atoms with Crippen LogP contribution in [0.15, 0.2) is 61.2 Å². The number of rotatable bonds is 9. The highest BCUT2D eigenvalue weighted by Gasteiger charge is 2.06. The van der Waals surface area contributed by atoms with Crippen molar-refractivity contribution in [3.8, 4) is 16.9 Å². The maximum atomic E-state index is 14.3. The number of ether oxygens (including phenoxy) is 1. The van der Waals surface area contributed by atoms with Crippen molar-refractivity contribution in [3.05, 3.63) is 72.6 Å². The fourth-order valence-electron chi connectivity index (χ4n) is 2.50. The van der Waals surface area contributed by atoms with E-state index in [-0.39, 0.29) is 11.9 Å². The molecule has 2 aromatic rings. The van der Waals surface area contributed by atoms with Gasteiger partial charge in [-0.1, -0.05) is 49.1 Å². The number of aliphatic hydroxyl groups excluding tert-OH is 1. The monoisotopic (exact) mass is 340 g/mol. The van der Waals surface area contributed by atoms with Crippen LogP contribution in [0.2, 0.25) is 0 Å². The number of hydrogen-bond donors (Lipinski definition) is 1. The predicted molar refractivity (Wildman–Crippen MR) is 102 cm³/mol. The third kappa shape index (κ3) is 6.20. The predicted octanol–water partition coefficient (Wildman–Crippen LogP) is 5.62. The molecular weight excluding hydrogens is 315 g/mol. The molecule has 25 heavy (non-hydrogen) atoms. The summed E-state index contributed by atoms with van der Waals surface area (Å²) in [6.45, 7) is 5.74. The summed E-state index contributed by atoms with van der Waals surface area (Å²) in [7, 11) is 0. The average molecular weight is 340 g/mol. The van der Waals surface area contributed by atoms with Gasteiger partial charge in [0.15, 0.2) is 0 Å². The summed E-state index contributed by atoms with van der Waals surface area (Å²) < 4.78 is 19.6. The largest absolute Gasteiger partial charge is 0.489 e. The van der Waals surface area contributed by atoms with Crippen LogP contribution in [-0.4, -0.2) is 17.8 Å². The first kappa shape index (κ1) is 18.9. The van der Waals surface area contributed by atoms with Crippen molar-refractivity contribution in [3.63, 3.8) is 0 Å². The van der Waals surface area contributed by atoms with Gasteiger partial charge in [-0.15, -0.1) is 0 Å². The molecule has 2 aromatic carbocycles. The van der Waals surface area contributed by atoms with Gasteiger partial charge in [0.2, 0.25) is 0 Å². The molecule has 2 rings (SSSR count). The third-order valence-corrected chi connectivity index (χ3v) is 3.83. The van der Waals surface area contributed by atoms with E-state index in [4.69, 9.17) is 4.74 Å². The first-order valence-electron chi connectivity index (χ1n) is 8.58. The molecule has 2 nitrogen and oxygen atoms in total. The minimum absolute atomic E-state index is 0.240. The molecule has 132 valence electrons. The summed E-state index contributed by atoms with van der Waals surface area (Å²) in [4.78, 5) is 0. The fraction of sp³-hybridized carbons (Fsp3) is 0.273. The molecule has 0 aliphatic rings. The minimum atomic E-state index is -0.303. The zero-order valence-corrected chi connectivity index (χ0v) is 14.6. The molecule has 1 atom stereocenters. The SMILES string of the molecule is C=CCOc1ccc(-c2ccc(C=CCCCC(C)O)cc2)c(F)c1. The Labute approximate surface area is 149 Å². The average Bonchev–Trinajstić information content (AvgIpc) is 2.60. The molecule has 0 fully saturated rings. The van der Waals surface area contributed by atoms with E-state index >= 15 is 0 Å². The highest BCUT2D eigenvalue weighted by molar-refractivity contribution is 5.67. The van der Waals surface area contributed by atoms with E-state index in [9.17, 15) is 9.50 Å². The number of aliphatic hydroxyl groups is 1. The van der Waals surface area contributed by atoms with E-state index < -0.39 is 0 Å². The molecule has 0 aliphatic heterocycles. The molecule has 0 saturated heterocycles. The van der Waals surface area contributed by atoms with Crippen LogP contribution in [0, 0.1) is 5.82 Å². The summed E-state index contributed by atoms with van der Waals surface area (Å²) in [5.74, 6) is 0.195. The van der Waals surface area contributed by atoms with E-state index in [2.05, 4.69) is 18.7 Å². The van der Waals surface area contributed by atoms with Gasteiger partial charge in [0, 0.05) is 11.6 Å². The van der Waals surface area contributed by atoms with Gasteiger partial charge in [0.1, 0.15) is 18.2 Å². The van der Waals surface area contributed by atoms with Crippen molar-refractivity contribution >= 4 is 6.08 Å². The van der Waals surface area contributed by atoms with E-state index in [1.54, 1.807) is 25.1 Å². The number of allylic oxidation sites excluding steroid dienone is 1. The van der Waals surface area contributed by atoms with Crippen LogP contribution >= 0.6 is 0 Å². The molecule has 0 heterocycles. The highest BCUT2D eigenvalue weighted by atomic mass is 19.1. The van der Waals surface area contributed by atoms with Crippen LogP contribution < -0.4 is 4.74 Å². The standard InChI is InChI=1S/C22H25FO2/c1-3-15-25-20-13-14-21(22(23)16-20)19-11-9-18(10-12-19)8-6-4-5-7-17(2)24/h3,6,8-14,16-17,24H,1,4-5,7,15H2,2H3. The normalized spacial score (nSPS) is 12.3. The minimum Gasteiger partial charge on any atom is -0.489 e. The quantitative estimate of drug-likeness (QED) is 0.474. The second-order valence-corrected chi connectivity index (χ2v) is 6.05. The number of benzene rings is 2. The molecule has 0 aliphatic carbocycles. The molecular formula is C22H25FO2. The number of unbranched alkanes of at least 4 members (excludes halogenated alkanes) is 1. The van der Waals surface area contributed by atoms with E-state index in [0.29, 0.717) is 17.9 Å². The topological polar surface area (TPSA) is 29.5 Å². The van der Waals surface area contributed by atoms with Crippen LogP contribution in [0.4, 0.5) is 4.39 Å². The maximum absolute atomic E-state index is 14.3. The van der Waals surface area contributed by atoms with Gasteiger partial charge in [0.25, 0.3) is 0 Å². The summed E-state index contributed by atoms with van der Waals surface area (Å²) in [5, 5.41) is 9.22. The maximum Gasteiger partial charge on any atom is 0.134 e. The Hall–Kier alpha value is -2.39. The molecule has 0 saturated carbocycles. The molecule has 3 heteroatoms. The van der Waals surface area contributed by atoms with E-state index in [1.165, 1.54) is 6.07 Å². The van der Waals surface area contributed by atoms with Gasteiger partial charge in [0.05, 0.1) is 6.10 Å². The summed E-state index contributed by atoms with van der Waals surface area (Å²) >= 11 is 0. The van der Waals surface area contributed by atoms with Crippen LogP contribution in [0.3, 0.4) is 0 Å². The van der Waals surface area contributed by atoms with Gasteiger partial charge in [-0.25, -0.2) is 4.39 Å². The Morgan fingerprint density at radius 1 is 1.20 bits per heavy atom. The van der Waals surface area contributed by atoms with Crippen LogP contribution in [0.5, 0.6) is 5.75 Å². The molecule has 0 aromatic heterocycles. The number of hydrogen-bond acceptors (Lipinski definition) is 2. The van der Waals surface area contributed by atoms with Crippen LogP contribution in [-0.2, 0) is 0 Å². The van der Waals surface area contributed by atoms with Crippen LogP contribution in [0.1, 0.15) is 31.7 Å². The lowest BCUT2D eigenvalue weighted by molar-refractivity contribution is 0.182. The number of halogens is 1. The second kappa shape index (κ2) is 9.80. The summed E-state index contributed by atoms with van der Waals surface area (Å²) in [6, 6.07) is 12.7. The molecule has 0 spiro atoms. The van der Waals surface area contributed by atoms with Crippen molar-refractivity contribution in [2.75, 3.05) is 6.61 Å². The van der Waals surface area contributed by atoms with Gasteiger partial charge < -0.3 is 9.84 Å². The molecule has 1 unspecified atom stereocenters. The molecule has 0 radical (unpaired) electrons. The van der Waals surface area contributed by atoms with Crippen molar-refractivity contribution in [1.29, 1.82) is 0 Å². The van der Waals surface area contributed by atoms with E-state index in [0.717, 1.165) is 30.4 Å². The zero-order chi connectivity index (χ0) is 18.1. The van der Waals surface area contributed by atoms with Crippen molar-refractivity contribution in [2.45, 2.75) is 32.3 Å². The van der Waals surface area contributed by atoms with Gasteiger partial charge in [-0.05, 0) is 49.4 Å².